The summed E-state index contributed by atoms with van der Waals surface area (Å²) in [5, 5.41) is 8.63. The number of aromatic nitrogens is 5. The fourth-order valence-electron chi connectivity index (χ4n) is 2.62. The van der Waals surface area contributed by atoms with Gasteiger partial charge in [-0.3, -0.25) is 0 Å². The van der Waals surface area contributed by atoms with Crippen LogP contribution in [0.25, 0.3) is 16.6 Å². The Balaban J connectivity index is 1.82. The third-order valence-electron chi connectivity index (χ3n) is 3.91. The van der Waals surface area contributed by atoms with Crippen LogP contribution in [-0.4, -0.2) is 39.4 Å². The summed E-state index contributed by atoms with van der Waals surface area (Å²) >= 11 is 12.6. The zero-order valence-electron chi connectivity index (χ0n) is 14.3. The van der Waals surface area contributed by atoms with Crippen LogP contribution >= 0.6 is 23.2 Å². The number of hydrogen-bond acceptors (Lipinski definition) is 7. The Kier molecular flexibility index (Phi) is 4.66. The van der Waals surface area contributed by atoms with Crippen LogP contribution in [-0.2, 0) is 9.84 Å². The van der Waals surface area contributed by atoms with Gasteiger partial charge in [0.2, 0.25) is 0 Å². The first-order valence-electron chi connectivity index (χ1n) is 7.90. The second-order valence-electron chi connectivity index (χ2n) is 5.89. The van der Waals surface area contributed by atoms with Crippen molar-refractivity contribution in [1.29, 1.82) is 0 Å². The molecule has 0 unspecified atom stereocenters. The number of hydrogen-bond donors (Lipinski definition) is 1. The van der Waals surface area contributed by atoms with Crippen LogP contribution in [0.3, 0.4) is 0 Å². The van der Waals surface area contributed by atoms with Crippen LogP contribution in [0.2, 0.25) is 10.0 Å². The number of fused-ring (bicyclic) bond motifs is 1. The quantitative estimate of drug-likeness (QED) is 0.522. The molecule has 0 atom stereocenters. The van der Waals surface area contributed by atoms with E-state index in [1.807, 2.05) is 0 Å². The van der Waals surface area contributed by atoms with Crippen molar-refractivity contribution in [2.24, 2.45) is 0 Å². The van der Waals surface area contributed by atoms with Crippen molar-refractivity contribution in [3.05, 3.63) is 59.2 Å². The van der Waals surface area contributed by atoms with Gasteiger partial charge in [0.15, 0.2) is 9.84 Å². The Bertz CT molecular complexity index is 1270. The van der Waals surface area contributed by atoms with Crippen molar-refractivity contribution >= 4 is 55.6 Å². The highest BCUT2D eigenvalue weighted by molar-refractivity contribution is 7.90. The van der Waals surface area contributed by atoms with Crippen molar-refractivity contribution in [2.75, 3.05) is 11.6 Å². The van der Waals surface area contributed by atoms with E-state index in [1.165, 1.54) is 23.1 Å². The normalized spacial score (nSPS) is 11.7. The minimum absolute atomic E-state index is 0.0377. The second-order valence-corrected chi connectivity index (χ2v) is 8.72. The first-order chi connectivity index (χ1) is 13.3. The lowest BCUT2D eigenvalue weighted by Crippen LogP contribution is -2.01. The van der Waals surface area contributed by atoms with Crippen LogP contribution in [0.5, 0.6) is 0 Å². The van der Waals surface area contributed by atoms with Gasteiger partial charge in [-0.05, 0) is 24.3 Å². The Morgan fingerprint density at radius 1 is 1.07 bits per heavy atom. The van der Waals surface area contributed by atoms with E-state index < -0.39 is 9.84 Å². The number of sulfone groups is 1. The van der Waals surface area contributed by atoms with Gasteiger partial charge in [-0.15, -0.1) is 0 Å². The van der Waals surface area contributed by atoms with Crippen LogP contribution in [0.1, 0.15) is 0 Å². The number of nitrogens with zero attached hydrogens (tertiary/aromatic N) is 5. The molecule has 0 fully saturated rings. The molecule has 4 rings (SSSR count). The molecule has 142 valence electrons. The Labute approximate surface area is 170 Å². The molecule has 8 nitrogen and oxygen atoms in total. The van der Waals surface area contributed by atoms with Gasteiger partial charge in [-0.1, -0.05) is 23.2 Å². The molecular formula is C17H12Cl2N6O2S. The summed E-state index contributed by atoms with van der Waals surface area (Å²) in [4.78, 5) is 12.4. The van der Waals surface area contributed by atoms with E-state index in [-0.39, 0.29) is 14.9 Å². The van der Waals surface area contributed by atoms with Gasteiger partial charge in [0.05, 0.1) is 25.8 Å². The molecule has 0 saturated heterocycles. The molecule has 3 heterocycles. The van der Waals surface area contributed by atoms with Crippen molar-refractivity contribution in [1.82, 2.24) is 24.7 Å². The van der Waals surface area contributed by atoms with Crippen LogP contribution in [0.15, 0.2) is 54.1 Å². The van der Waals surface area contributed by atoms with Crippen molar-refractivity contribution in [3.63, 3.8) is 0 Å². The summed E-state index contributed by atoms with van der Waals surface area (Å²) in [5.41, 5.74) is 1.02. The van der Waals surface area contributed by atoms with Gasteiger partial charge in [-0.2, -0.15) is 5.10 Å². The largest absolute Gasteiger partial charge is 0.324 e. The number of nitrogens with one attached hydrogen (secondary N) is 1. The summed E-state index contributed by atoms with van der Waals surface area (Å²) in [6.07, 6.45) is 7.45. The maximum Gasteiger partial charge on any atom is 0.175 e. The van der Waals surface area contributed by atoms with Gasteiger partial charge in [0, 0.05) is 24.8 Å². The number of rotatable bonds is 4. The minimum atomic E-state index is -3.44. The molecule has 0 amide bonds. The first-order valence-corrected chi connectivity index (χ1v) is 10.5. The van der Waals surface area contributed by atoms with Gasteiger partial charge < -0.3 is 5.32 Å². The van der Waals surface area contributed by atoms with Crippen LogP contribution < -0.4 is 5.32 Å². The second kappa shape index (κ2) is 7.01. The minimum Gasteiger partial charge on any atom is -0.324 e. The fraction of sp³-hybridized carbons (Fsp3) is 0.0588. The lowest BCUT2D eigenvalue weighted by Gasteiger charge is -2.09. The molecule has 1 aromatic carbocycles. The van der Waals surface area contributed by atoms with Crippen molar-refractivity contribution in [3.8, 4) is 5.69 Å². The average Bonchev–Trinajstić information content (AvgIpc) is 3.06. The van der Waals surface area contributed by atoms with E-state index in [4.69, 9.17) is 23.2 Å². The van der Waals surface area contributed by atoms with E-state index in [9.17, 15) is 8.42 Å². The SMILES string of the molecule is CS(=O)(=O)c1cc(Cl)c(-n2cc3c(Nc4ccncn4)nccc3n2)c(Cl)c1. The zero-order chi connectivity index (χ0) is 19.9. The maximum atomic E-state index is 11.8. The van der Waals surface area contributed by atoms with E-state index >= 15 is 0 Å². The molecule has 0 spiro atoms. The van der Waals surface area contributed by atoms with Crippen molar-refractivity contribution in [2.45, 2.75) is 4.90 Å². The summed E-state index contributed by atoms with van der Waals surface area (Å²) in [6, 6.07) is 6.15. The van der Waals surface area contributed by atoms with E-state index in [0.29, 0.717) is 28.2 Å². The third-order valence-corrected chi connectivity index (χ3v) is 5.58. The Hall–Kier alpha value is -2.75. The van der Waals surface area contributed by atoms with E-state index in [0.717, 1.165) is 6.26 Å². The lowest BCUT2D eigenvalue weighted by atomic mass is 10.3. The van der Waals surface area contributed by atoms with Gasteiger partial charge in [0.25, 0.3) is 0 Å². The standard InChI is InChI=1S/C17H12Cl2N6O2S/c1-28(26,27)10-6-12(18)16(13(19)7-10)25-8-11-14(24-25)2-5-21-17(11)23-15-3-4-20-9-22-15/h2-9H,1H3,(H,20,21,22,23). The average molecular weight is 435 g/mol. The number of anilines is 2. The predicted octanol–water partition coefficient (Wildman–Crippen LogP) is 3.66. The molecule has 0 aliphatic rings. The summed E-state index contributed by atoms with van der Waals surface area (Å²) < 4.78 is 25.0. The smallest absolute Gasteiger partial charge is 0.175 e. The monoisotopic (exact) mass is 434 g/mol. The van der Waals surface area contributed by atoms with Crippen LogP contribution in [0.4, 0.5) is 11.6 Å². The molecule has 28 heavy (non-hydrogen) atoms. The number of pyridine rings is 1. The summed E-state index contributed by atoms with van der Waals surface area (Å²) in [5.74, 6) is 1.12. The molecular weight excluding hydrogens is 423 g/mol. The van der Waals surface area contributed by atoms with Gasteiger partial charge in [0.1, 0.15) is 23.7 Å². The first kappa shape index (κ1) is 18.6. The highest BCUT2D eigenvalue weighted by Gasteiger charge is 2.18. The van der Waals surface area contributed by atoms with E-state index in [1.54, 1.807) is 30.7 Å². The van der Waals surface area contributed by atoms with Crippen LogP contribution in [0, 0.1) is 0 Å². The molecule has 0 radical (unpaired) electrons. The summed E-state index contributed by atoms with van der Waals surface area (Å²) in [7, 11) is -3.44. The molecule has 0 saturated carbocycles. The lowest BCUT2D eigenvalue weighted by molar-refractivity contribution is 0.602. The Morgan fingerprint density at radius 2 is 1.82 bits per heavy atom. The number of benzene rings is 1. The molecule has 4 aromatic rings. The predicted molar refractivity (Wildman–Crippen MR) is 107 cm³/mol. The molecule has 1 N–H and O–H groups in total. The van der Waals surface area contributed by atoms with E-state index in [2.05, 4.69) is 25.4 Å². The van der Waals surface area contributed by atoms with Crippen molar-refractivity contribution < 1.29 is 8.42 Å². The summed E-state index contributed by atoms with van der Waals surface area (Å²) in [6.45, 7) is 0. The Morgan fingerprint density at radius 3 is 2.46 bits per heavy atom. The van der Waals surface area contributed by atoms with Gasteiger partial charge in [-0.25, -0.2) is 28.1 Å². The third kappa shape index (κ3) is 3.51. The fourth-order valence-corrected chi connectivity index (χ4v) is 4.07. The topological polar surface area (TPSA) is 103 Å². The zero-order valence-corrected chi connectivity index (χ0v) is 16.7. The number of halogens is 2. The molecule has 3 aromatic heterocycles. The molecule has 0 aliphatic heterocycles. The highest BCUT2D eigenvalue weighted by Crippen LogP contribution is 2.33. The van der Waals surface area contributed by atoms with Gasteiger partial charge >= 0.3 is 0 Å². The molecule has 0 bridgehead atoms. The highest BCUT2D eigenvalue weighted by atomic mass is 35.5. The molecule has 11 heteroatoms. The maximum absolute atomic E-state index is 11.8. The molecule has 0 aliphatic carbocycles.